The standard InChI is InChI=1S/C18H20FNO3.C2H2O4/c1-20(2)11-10-15(13-6-8-14(19)9-7-13)23-17-5-3-4-16-18(17)22-12-21-16;3-1(4)2(5)6/h3-9,15H,10-12H2,1-2H3;(H,3,4)(H,5,6). The summed E-state index contributed by atoms with van der Waals surface area (Å²) in [6.45, 7) is 1.06. The molecule has 1 atom stereocenters. The summed E-state index contributed by atoms with van der Waals surface area (Å²) in [7, 11) is 4.03. The van der Waals surface area contributed by atoms with E-state index < -0.39 is 11.9 Å². The lowest BCUT2D eigenvalue weighted by atomic mass is 10.1. The van der Waals surface area contributed by atoms with Crippen molar-refractivity contribution < 1.29 is 38.4 Å². The minimum absolute atomic E-state index is 0.186. The second-order valence-electron chi connectivity index (χ2n) is 6.35. The van der Waals surface area contributed by atoms with Crippen molar-refractivity contribution in [1.29, 1.82) is 0 Å². The van der Waals surface area contributed by atoms with Crippen LogP contribution in [0.3, 0.4) is 0 Å². The zero-order chi connectivity index (χ0) is 21.4. The van der Waals surface area contributed by atoms with Gasteiger partial charge in [0.05, 0.1) is 0 Å². The second kappa shape index (κ2) is 10.3. The number of rotatable bonds is 6. The van der Waals surface area contributed by atoms with Crippen LogP contribution in [0, 0.1) is 5.82 Å². The number of aliphatic carboxylic acids is 2. The van der Waals surface area contributed by atoms with E-state index in [-0.39, 0.29) is 18.7 Å². The molecule has 0 spiro atoms. The van der Waals surface area contributed by atoms with Gasteiger partial charge < -0.3 is 29.3 Å². The van der Waals surface area contributed by atoms with Gasteiger partial charge in [-0.25, -0.2) is 14.0 Å². The molecule has 2 N–H and O–H groups in total. The number of hydrogen-bond acceptors (Lipinski definition) is 6. The predicted molar refractivity (Wildman–Crippen MR) is 101 cm³/mol. The van der Waals surface area contributed by atoms with Crippen molar-refractivity contribution in [3.63, 3.8) is 0 Å². The van der Waals surface area contributed by atoms with Crippen LogP contribution in [0.1, 0.15) is 18.1 Å². The molecule has 0 bridgehead atoms. The Morgan fingerprint density at radius 1 is 1.10 bits per heavy atom. The van der Waals surface area contributed by atoms with Crippen LogP contribution in [-0.4, -0.2) is 54.5 Å². The first-order valence-corrected chi connectivity index (χ1v) is 8.69. The summed E-state index contributed by atoms with van der Waals surface area (Å²) in [6.07, 6.45) is 0.595. The maximum Gasteiger partial charge on any atom is 0.414 e. The molecule has 3 rings (SSSR count). The molecule has 8 nitrogen and oxygen atoms in total. The lowest BCUT2D eigenvalue weighted by molar-refractivity contribution is -0.159. The molecule has 2 aromatic rings. The molecule has 0 aliphatic carbocycles. The average Bonchev–Trinajstić information content (AvgIpc) is 3.16. The topological polar surface area (TPSA) is 106 Å². The Morgan fingerprint density at radius 2 is 1.76 bits per heavy atom. The van der Waals surface area contributed by atoms with Crippen molar-refractivity contribution in [2.45, 2.75) is 12.5 Å². The summed E-state index contributed by atoms with van der Waals surface area (Å²) in [5, 5.41) is 14.8. The van der Waals surface area contributed by atoms with Crippen molar-refractivity contribution in [2.24, 2.45) is 0 Å². The molecule has 1 unspecified atom stereocenters. The van der Waals surface area contributed by atoms with E-state index in [1.807, 2.05) is 32.3 Å². The van der Waals surface area contributed by atoms with Gasteiger partial charge in [0.25, 0.3) is 0 Å². The molecule has 1 heterocycles. The number of carboxylic acid groups (broad SMARTS) is 2. The molecular formula is C20H22FNO7. The number of fused-ring (bicyclic) bond motifs is 1. The summed E-state index contributed by atoms with van der Waals surface area (Å²) in [5.41, 5.74) is 0.935. The summed E-state index contributed by atoms with van der Waals surface area (Å²) in [5.74, 6) is -1.94. The minimum atomic E-state index is -1.82. The van der Waals surface area contributed by atoms with Crippen LogP contribution in [-0.2, 0) is 9.59 Å². The van der Waals surface area contributed by atoms with Gasteiger partial charge in [0.2, 0.25) is 12.5 Å². The van der Waals surface area contributed by atoms with E-state index in [0.29, 0.717) is 17.2 Å². The minimum Gasteiger partial charge on any atom is -0.482 e. The van der Waals surface area contributed by atoms with Gasteiger partial charge in [-0.2, -0.15) is 0 Å². The third-order valence-electron chi connectivity index (χ3n) is 3.89. The average molecular weight is 407 g/mol. The number of carboxylic acids is 2. The molecule has 0 saturated heterocycles. The van der Waals surface area contributed by atoms with Crippen LogP contribution < -0.4 is 14.2 Å². The van der Waals surface area contributed by atoms with Gasteiger partial charge in [-0.1, -0.05) is 18.2 Å². The highest BCUT2D eigenvalue weighted by molar-refractivity contribution is 6.27. The summed E-state index contributed by atoms with van der Waals surface area (Å²) in [6, 6.07) is 12.0. The Morgan fingerprint density at radius 3 is 2.34 bits per heavy atom. The van der Waals surface area contributed by atoms with Gasteiger partial charge in [-0.15, -0.1) is 0 Å². The zero-order valence-corrected chi connectivity index (χ0v) is 16.0. The van der Waals surface area contributed by atoms with Crippen LogP contribution in [0.25, 0.3) is 0 Å². The van der Waals surface area contributed by atoms with E-state index in [1.54, 1.807) is 12.1 Å². The van der Waals surface area contributed by atoms with Crippen LogP contribution in [0.2, 0.25) is 0 Å². The monoisotopic (exact) mass is 407 g/mol. The first kappa shape index (κ1) is 22.0. The van der Waals surface area contributed by atoms with Crippen LogP contribution in [0.5, 0.6) is 17.2 Å². The van der Waals surface area contributed by atoms with Crippen molar-refractivity contribution >= 4 is 11.9 Å². The number of carbonyl (C=O) groups is 2. The maximum absolute atomic E-state index is 13.2. The molecule has 1 aliphatic rings. The number of ether oxygens (including phenoxy) is 3. The van der Waals surface area contributed by atoms with Gasteiger partial charge in [0.1, 0.15) is 11.9 Å². The Hall–Kier alpha value is -3.33. The third-order valence-corrected chi connectivity index (χ3v) is 3.89. The number of hydrogen-bond donors (Lipinski definition) is 2. The van der Waals surface area contributed by atoms with E-state index >= 15 is 0 Å². The SMILES string of the molecule is CN(C)CCC(Oc1cccc2c1OCO2)c1ccc(F)cc1.O=C(O)C(=O)O. The van der Waals surface area contributed by atoms with Gasteiger partial charge in [0, 0.05) is 13.0 Å². The molecule has 0 aromatic heterocycles. The largest absolute Gasteiger partial charge is 0.482 e. The molecular weight excluding hydrogens is 385 g/mol. The number of nitrogens with zero attached hydrogens (tertiary/aromatic N) is 1. The van der Waals surface area contributed by atoms with E-state index in [9.17, 15) is 4.39 Å². The van der Waals surface area contributed by atoms with Gasteiger partial charge in [-0.3, -0.25) is 0 Å². The predicted octanol–water partition coefficient (Wildman–Crippen LogP) is 2.78. The summed E-state index contributed by atoms with van der Waals surface area (Å²) >= 11 is 0. The highest BCUT2D eigenvalue weighted by Crippen LogP contribution is 2.42. The Labute approximate surface area is 167 Å². The van der Waals surface area contributed by atoms with Gasteiger partial charge in [0.15, 0.2) is 11.5 Å². The van der Waals surface area contributed by atoms with E-state index in [1.165, 1.54) is 12.1 Å². The first-order chi connectivity index (χ1) is 13.8. The first-order valence-electron chi connectivity index (χ1n) is 8.69. The van der Waals surface area contributed by atoms with Crippen LogP contribution in [0.4, 0.5) is 4.39 Å². The van der Waals surface area contributed by atoms with E-state index in [2.05, 4.69) is 4.90 Å². The molecule has 2 aromatic carbocycles. The number of benzene rings is 2. The zero-order valence-electron chi connectivity index (χ0n) is 16.0. The fourth-order valence-corrected chi connectivity index (χ4v) is 2.50. The number of para-hydroxylation sites is 1. The molecule has 0 radical (unpaired) electrons. The summed E-state index contributed by atoms with van der Waals surface area (Å²) < 4.78 is 30.2. The van der Waals surface area contributed by atoms with Crippen LogP contribution in [0.15, 0.2) is 42.5 Å². The van der Waals surface area contributed by atoms with Crippen molar-refractivity contribution in [1.82, 2.24) is 4.90 Å². The lowest BCUT2D eigenvalue weighted by Crippen LogP contribution is -2.19. The Balaban J connectivity index is 0.000000438. The Kier molecular flexibility index (Phi) is 7.79. The van der Waals surface area contributed by atoms with E-state index in [0.717, 1.165) is 18.5 Å². The lowest BCUT2D eigenvalue weighted by Gasteiger charge is -2.22. The normalized spacial score (nSPS) is 12.7. The highest BCUT2D eigenvalue weighted by atomic mass is 19.1. The van der Waals surface area contributed by atoms with Gasteiger partial charge in [-0.05, 0) is 43.9 Å². The smallest absolute Gasteiger partial charge is 0.414 e. The molecule has 29 heavy (non-hydrogen) atoms. The fourth-order valence-electron chi connectivity index (χ4n) is 2.50. The molecule has 0 fully saturated rings. The molecule has 156 valence electrons. The molecule has 0 amide bonds. The molecule has 0 saturated carbocycles. The van der Waals surface area contributed by atoms with Crippen molar-refractivity contribution in [3.8, 4) is 17.2 Å². The quantitative estimate of drug-likeness (QED) is 0.705. The second-order valence-corrected chi connectivity index (χ2v) is 6.35. The van der Waals surface area contributed by atoms with Crippen molar-refractivity contribution in [2.75, 3.05) is 27.4 Å². The van der Waals surface area contributed by atoms with Crippen LogP contribution >= 0.6 is 0 Å². The Bertz CT molecular complexity index is 827. The fraction of sp³-hybridized carbons (Fsp3) is 0.300. The number of halogens is 1. The maximum atomic E-state index is 13.2. The third kappa shape index (κ3) is 6.65. The van der Waals surface area contributed by atoms with Gasteiger partial charge >= 0.3 is 11.9 Å². The van der Waals surface area contributed by atoms with Crippen molar-refractivity contribution in [3.05, 3.63) is 53.8 Å². The summed E-state index contributed by atoms with van der Waals surface area (Å²) in [4.78, 5) is 20.3. The molecule has 9 heteroatoms. The van der Waals surface area contributed by atoms with E-state index in [4.69, 9.17) is 34.0 Å². The highest BCUT2D eigenvalue weighted by Gasteiger charge is 2.22. The molecule has 1 aliphatic heterocycles.